The minimum Gasteiger partial charge on any atom is -0.508 e. The standard InChI is InChI=1S/C22H31N3O2S/c1-15(2)18-12-19(21(27)13-20(18)26)22(28)23-17(4)7-6-16(3)14-25-10-8-24(5)9-11-25/h6-7,12-13,15,26-27H,3-4,8-11,14H2,1-2,5H3,(H,23,28)/b7-6-. The van der Waals surface area contributed by atoms with Crippen LogP contribution in [-0.2, 0) is 0 Å². The highest BCUT2D eigenvalue weighted by atomic mass is 32.1. The van der Waals surface area contributed by atoms with E-state index < -0.39 is 0 Å². The molecule has 0 spiro atoms. The van der Waals surface area contributed by atoms with E-state index in [2.05, 4.69) is 35.3 Å². The van der Waals surface area contributed by atoms with Crippen LogP contribution in [0.5, 0.6) is 11.5 Å². The molecule has 0 amide bonds. The summed E-state index contributed by atoms with van der Waals surface area (Å²) >= 11 is 5.41. The lowest BCUT2D eigenvalue weighted by Crippen LogP contribution is -2.44. The number of benzene rings is 1. The van der Waals surface area contributed by atoms with Crippen LogP contribution in [0.1, 0.15) is 30.9 Å². The number of thiocarbonyl (C=S) groups is 1. The van der Waals surface area contributed by atoms with Gasteiger partial charge in [-0.2, -0.15) is 0 Å². The highest BCUT2D eigenvalue weighted by Crippen LogP contribution is 2.32. The number of nitrogens with zero attached hydrogens (tertiary/aromatic N) is 2. The first-order valence-electron chi connectivity index (χ1n) is 9.50. The van der Waals surface area contributed by atoms with E-state index in [-0.39, 0.29) is 17.4 Å². The first kappa shape index (κ1) is 22.1. The summed E-state index contributed by atoms with van der Waals surface area (Å²) in [5.41, 5.74) is 2.83. The number of likely N-dealkylation sites (N-methyl/N-ethyl adjacent to an activating group) is 1. The van der Waals surface area contributed by atoms with Crippen LogP contribution in [0, 0.1) is 0 Å². The predicted octanol–water partition coefficient (Wildman–Crippen LogP) is 3.36. The van der Waals surface area contributed by atoms with E-state index in [1.54, 1.807) is 6.07 Å². The van der Waals surface area contributed by atoms with Crippen molar-refractivity contribution in [3.63, 3.8) is 0 Å². The third-order valence-electron chi connectivity index (χ3n) is 4.83. The minimum absolute atomic E-state index is 0.0596. The van der Waals surface area contributed by atoms with Crippen molar-refractivity contribution in [3.05, 3.63) is 59.8 Å². The normalized spacial score (nSPS) is 15.9. The molecule has 1 aromatic carbocycles. The lowest BCUT2D eigenvalue weighted by atomic mass is 9.99. The monoisotopic (exact) mass is 401 g/mol. The number of phenols is 2. The largest absolute Gasteiger partial charge is 0.508 e. The van der Waals surface area contributed by atoms with Gasteiger partial charge in [0.25, 0.3) is 0 Å². The highest BCUT2D eigenvalue weighted by molar-refractivity contribution is 7.80. The Morgan fingerprint density at radius 3 is 2.39 bits per heavy atom. The summed E-state index contributed by atoms with van der Waals surface area (Å²) in [5.74, 6) is 0.122. The number of hydrogen-bond donors (Lipinski definition) is 3. The van der Waals surface area contributed by atoms with Crippen molar-refractivity contribution in [1.29, 1.82) is 0 Å². The molecule has 0 radical (unpaired) electrons. The topological polar surface area (TPSA) is 59.0 Å². The van der Waals surface area contributed by atoms with Crippen molar-refractivity contribution in [1.82, 2.24) is 15.1 Å². The Labute approximate surface area is 173 Å². The second-order valence-electron chi connectivity index (χ2n) is 7.63. The number of allylic oxidation sites excluding steroid dienone is 1. The average molecular weight is 402 g/mol. The third-order valence-corrected chi connectivity index (χ3v) is 5.15. The number of nitrogens with one attached hydrogen (secondary N) is 1. The van der Waals surface area contributed by atoms with Gasteiger partial charge in [-0.1, -0.05) is 45.3 Å². The molecule has 0 aliphatic carbocycles. The molecule has 1 aliphatic heterocycles. The molecule has 0 saturated carbocycles. The van der Waals surface area contributed by atoms with Gasteiger partial charge in [0.15, 0.2) is 0 Å². The molecule has 152 valence electrons. The molecule has 3 N–H and O–H groups in total. The van der Waals surface area contributed by atoms with Crippen LogP contribution < -0.4 is 5.32 Å². The molecular weight excluding hydrogens is 370 g/mol. The maximum Gasteiger partial charge on any atom is 0.129 e. The fourth-order valence-electron chi connectivity index (χ4n) is 3.06. The van der Waals surface area contributed by atoms with Crippen LogP contribution in [0.15, 0.2) is 48.7 Å². The number of phenolic OH excluding ortho intramolecular Hbond substituents is 2. The number of aromatic hydroxyl groups is 2. The Morgan fingerprint density at radius 2 is 1.79 bits per heavy atom. The van der Waals surface area contributed by atoms with Gasteiger partial charge in [0.05, 0.1) is 5.56 Å². The SMILES string of the molecule is C=C(/C=C\C(=C)NC(=S)c1cc(C(C)C)c(O)cc1O)CN1CCN(C)CC1. The Balaban J connectivity index is 1.93. The molecule has 2 rings (SSSR count). The fourth-order valence-corrected chi connectivity index (χ4v) is 3.35. The summed E-state index contributed by atoms with van der Waals surface area (Å²) in [6.07, 6.45) is 3.78. The summed E-state index contributed by atoms with van der Waals surface area (Å²) in [6.45, 7) is 17.1. The predicted molar refractivity (Wildman–Crippen MR) is 120 cm³/mol. The van der Waals surface area contributed by atoms with E-state index >= 15 is 0 Å². The molecule has 1 aromatic rings. The highest BCUT2D eigenvalue weighted by Gasteiger charge is 2.15. The van der Waals surface area contributed by atoms with Crippen molar-refractivity contribution in [2.45, 2.75) is 19.8 Å². The van der Waals surface area contributed by atoms with Crippen LogP contribution in [0.25, 0.3) is 0 Å². The molecule has 0 bridgehead atoms. The van der Waals surface area contributed by atoms with Gasteiger partial charge in [-0.15, -0.1) is 0 Å². The fraction of sp³-hybridized carbons (Fsp3) is 0.409. The van der Waals surface area contributed by atoms with Crippen molar-refractivity contribution >= 4 is 17.2 Å². The average Bonchev–Trinajstić information content (AvgIpc) is 2.61. The minimum atomic E-state index is -0.0596. The Bertz CT molecular complexity index is 778. The lowest BCUT2D eigenvalue weighted by Gasteiger charge is -2.32. The van der Waals surface area contributed by atoms with Gasteiger partial charge in [0.2, 0.25) is 0 Å². The van der Waals surface area contributed by atoms with E-state index in [4.69, 9.17) is 12.2 Å². The second-order valence-corrected chi connectivity index (χ2v) is 8.04. The first-order chi connectivity index (χ1) is 13.2. The van der Waals surface area contributed by atoms with Crippen molar-refractivity contribution in [3.8, 4) is 11.5 Å². The molecule has 6 heteroatoms. The van der Waals surface area contributed by atoms with Crippen LogP contribution >= 0.6 is 12.2 Å². The summed E-state index contributed by atoms with van der Waals surface area (Å²) in [6, 6.07) is 3.04. The molecule has 28 heavy (non-hydrogen) atoms. The van der Waals surface area contributed by atoms with E-state index in [1.165, 1.54) is 6.07 Å². The molecule has 1 heterocycles. The second kappa shape index (κ2) is 9.87. The van der Waals surface area contributed by atoms with Gasteiger partial charge in [-0.25, -0.2) is 0 Å². The zero-order valence-electron chi connectivity index (χ0n) is 17.0. The van der Waals surface area contributed by atoms with Crippen LogP contribution in [0.3, 0.4) is 0 Å². The number of hydrogen-bond acceptors (Lipinski definition) is 5. The van der Waals surface area contributed by atoms with Crippen LogP contribution in [-0.4, -0.2) is 64.8 Å². The Hall–Kier alpha value is -2.15. The quantitative estimate of drug-likeness (QED) is 0.481. The molecule has 0 unspecified atom stereocenters. The zero-order chi connectivity index (χ0) is 20.8. The van der Waals surface area contributed by atoms with E-state index in [9.17, 15) is 10.2 Å². The van der Waals surface area contributed by atoms with Crippen LogP contribution in [0.4, 0.5) is 0 Å². The van der Waals surface area contributed by atoms with Gasteiger partial charge in [0, 0.05) is 44.5 Å². The van der Waals surface area contributed by atoms with Crippen LogP contribution in [0.2, 0.25) is 0 Å². The molecule has 0 aromatic heterocycles. The van der Waals surface area contributed by atoms with Crippen molar-refractivity contribution in [2.75, 3.05) is 39.8 Å². The molecule has 0 atom stereocenters. The van der Waals surface area contributed by atoms with Gasteiger partial charge >= 0.3 is 0 Å². The summed E-state index contributed by atoms with van der Waals surface area (Å²) in [4.78, 5) is 5.07. The molecule has 1 fully saturated rings. The zero-order valence-corrected chi connectivity index (χ0v) is 17.9. The molecule has 1 saturated heterocycles. The maximum absolute atomic E-state index is 10.1. The molecule has 5 nitrogen and oxygen atoms in total. The van der Waals surface area contributed by atoms with Gasteiger partial charge in [-0.3, -0.25) is 4.90 Å². The van der Waals surface area contributed by atoms with Crippen molar-refractivity contribution < 1.29 is 10.2 Å². The van der Waals surface area contributed by atoms with Gasteiger partial charge in [-0.05, 0) is 36.2 Å². The van der Waals surface area contributed by atoms with E-state index in [0.29, 0.717) is 16.2 Å². The summed E-state index contributed by atoms with van der Waals surface area (Å²) in [5, 5.41) is 23.2. The number of piperazine rings is 1. The lowest BCUT2D eigenvalue weighted by molar-refractivity contribution is 0.165. The summed E-state index contributed by atoms with van der Waals surface area (Å²) < 4.78 is 0. The van der Waals surface area contributed by atoms with E-state index in [0.717, 1.165) is 43.9 Å². The van der Waals surface area contributed by atoms with Gasteiger partial charge in [0.1, 0.15) is 16.5 Å². The summed E-state index contributed by atoms with van der Waals surface area (Å²) in [7, 11) is 2.14. The smallest absolute Gasteiger partial charge is 0.129 e. The van der Waals surface area contributed by atoms with E-state index in [1.807, 2.05) is 26.0 Å². The first-order valence-corrected chi connectivity index (χ1v) is 9.91. The Morgan fingerprint density at radius 1 is 1.14 bits per heavy atom. The Kier molecular flexibility index (Phi) is 7.80. The molecular formula is C22H31N3O2S. The van der Waals surface area contributed by atoms with Gasteiger partial charge < -0.3 is 20.4 Å². The number of rotatable bonds is 7. The molecule has 1 aliphatic rings. The van der Waals surface area contributed by atoms with Crippen molar-refractivity contribution in [2.24, 2.45) is 0 Å². The maximum atomic E-state index is 10.1. The third kappa shape index (κ3) is 6.19.